The number of hydrogen-bond donors (Lipinski definition) is 0. The van der Waals surface area contributed by atoms with Crippen LogP contribution in [-0.4, -0.2) is 28.3 Å². The summed E-state index contributed by atoms with van der Waals surface area (Å²) in [5.41, 5.74) is 4.89. The average Bonchev–Trinajstić information content (AvgIpc) is 2.68. The van der Waals surface area contributed by atoms with Crippen molar-refractivity contribution in [3.05, 3.63) is 65.9 Å². The van der Waals surface area contributed by atoms with Gasteiger partial charge in [-0.2, -0.15) is 10.1 Å². The van der Waals surface area contributed by atoms with Crippen molar-refractivity contribution in [3.8, 4) is 0 Å². The van der Waals surface area contributed by atoms with Gasteiger partial charge in [-0.25, -0.2) is 0 Å². The summed E-state index contributed by atoms with van der Waals surface area (Å²) in [6.45, 7) is 5.96. The molecule has 1 aliphatic heterocycles. The molecule has 5 heteroatoms. The molecule has 0 bridgehead atoms. The Morgan fingerprint density at radius 1 is 1.12 bits per heavy atom. The Morgan fingerprint density at radius 3 is 2.85 bits per heavy atom. The van der Waals surface area contributed by atoms with Gasteiger partial charge in [-0.1, -0.05) is 30.3 Å². The minimum atomic E-state index is 0.667. The molecule has 132 valence electrons. The molecule has 4 rings (SSSR count). The molecule has 0 amide bonds. The highest BCUT2D eigenvalue weighted by Crippen LogP contribution is 2.32. The van der Waals surface area contributed by atoms with Crippen LogP contribution < -0.4 is 9.80 Å². The lowest BCUT2D eigenvalue weighted by atomic mass is 10.0. The van der Waals surface area contributed by atoms with Crippen LogP contribution in [0, 0.1) is 6.92 Å². The molecular formula is C21H23N5. The van der Waals surface area contributed by atoms with Gasteiger partial charge in [0.05, 0.1) is 6.20 Å². The first-order valence-electron chi connectivity index (χ1n) is 9.15. The fraction of sp³-hybridized carbons (Fsp3) is 0.286. The Bertz CT molecular complexity index is 908. The highest BCUT2D eigenvalue weighted by Gasteiger charge is 2.21. The number of aryl methyl sites for hydroxylation is 2. The summed E-state index contributed by atoms with van der Waals surface area (Å²) in [6, 6.07) is 16.9. The molecule has 26 heavy (non-hydrogen) atoms. The van der Waals surface area contributed by atoms with Gasteiger partial charge in [0.1, 0.15) is 0 Å². The zero-order chi connectivity index (χ0) is 17.9. The molecule has 0 fully saturated rings. The normalized spacial score (nSPS) is 13.4. The molecule has 2 aromatic carbocycles. The number of para-hydroxylation sites is 1. The minimum absolute atomic E-state index is 0.667. The Balaban J connectivity index is 1.71. The van der Waals surface area contributed by atoms with Crippen LogP contribution in [0.2, 0.25) is 0 Å². The van der Waals surface area contributed by atoms with E-state index in [-0.39, 0.29) is 0 Å². The first-order valence-corrected chi connectivity index (χ1v) is 9.15. The van der Waals surface area contributed by atoms with Gasteiger partial charge in [-0.05, 0) is 56.0 Å². The average molecular weight is 345 g/mol. The summed E-state index contributed by atoms with van der Waals surface area (Å²) < 4.78 is 0. The van der Waals surface area contributed by atoms with E-state index in [9.17, 15) is 0 Å². The smallest absolute Gasteiger partial charge is 0.251 e. The summed E-state index contributed by atoms with van der Waals surface area (Å²) in [5, 5.41) is 8.58. The van der Waals surface area contributed by atoms with Gasteiger partial charge in [0.25, 0.3) is 5.95 Å². The third-order valence-corrected chi connectivity index (χ3v) is 4.79. The summed E-state index contributed by atoms with van der Waals surface area (Å²) in [5.74, 6) is 1.49. The second-order valence-electron chi connectivity index (χ2n) is 6.58. The third-order valence-electron chi connectivity index (χ3n) is 4.79. The quantitative estimate of drug-likeness (QED) is 0.700. The zero-order valence-corrected chi connectivity index (χ0v) is 15.3. The predicted octanol–water partition coefficient (Wildman–Crippen LogP) is 4.42. The Kier molecular flexibility index (Phi) is 4.52. The van der Waals surface area contributed by atoms with Crippen LogP contribution in [0.5, 0.6) is 0 Å². The number of aromatic nitrogens is 3. The van der Waals surface area contributed by atoms with E-state index in [0.29, 0.717) is 5.95 Å². The molecule has 0 aliphatic carbocycles. The molecule has 0 saturated heterocycles. The molecule has 0 saturated carbocycles. The van der Waals surface area contributed by atoms with Crippen LogP contribution in [0.3, 0.4) is 0 Å². The Labute approximate surface area is 154 Å². The van der Waals surface area contributed by atoms with Crippen LogP contribution >= 0.6 is 0 Å². The van der Waals surface area contributed by atoms with Crippen LogP contribution in [0.15, 0.2) is 54.7 Å². The first kappa shape index (κ1) is 16.5. The zero-order valence-electron chi connectivity index (χ0n) is 15.3. The summed E-state index contributed by atoms with van der Waals surface area (Å²) in [6.07, 6.45) is 3.94. The van der Waals surface area contributed by atoms with Crippen molar-refractivity contribution < 1.29 is 0 Å². The highest BCUT2D eigenvalue weighted by atomic mass is 15.4. The molecule has 3 aromatic rings. The molecule has 2 heterocycles. The maximum Gasteiger partial charge on any atom is 0.251 e. The van der Waals surface area contributed by atoms with E-state index in [4.69, 9.17) is 4.98 Å². The summed E-state index contributed by atoms with van der Waals surface area (Å²) >= 11 is 0. The molecule has 0 N–H and O–H groups in total. The number of rotatable bonds is 4. The maximum atomic E-state index is 4.85. The van der Waals surface area contributed by atoms with E-state index in [1.807, 2.05) is 0 Å². The maximum absolute atomic E-state index is 4.85. The van der Waals surface area contributed by atoms with Gasteiger partial charge in [0.15, 0.2) is 5.82 Å². The lowest BCUT2D eigenvalue weighted by Gasteiger charge is -2.30. The van der Waals surface area contributed by atoms with Crippen LogP contribution in [0.25, 0.3) is 0 Å². The molecule has 0 atom stereocenters. The molecular weight excluding hydrogens is 322 g/mol. The van der Waals surface area contributed by atoms with E-state index < -0.39 is 0 Å². The second kappa shape index (κ2) is 7.12. The highest BCUT2D eigenvalue weighted by molar-refractivity contribution is 5.65. The summed E-state index contributed by atoms with van der Waals surface area (Å²) in [4.78, 5) is 9.20. The molecule has 0 radical (unpaired) electrons. The minimum Gasteiger partial charge on any atom is -0.325 e. The molecule has 5 nitrogen and oxygen atoms in total. The molecule has 0 spiro atoms. The number of fused-ring (bicyclic) bond motifs is 1. The second-order valence-corrected chi connectivity index (χ2v) is 6.58. The van der Waals surface area contributed by atoms with Crippen molar-refractivity contribution in [2.75, 3.05) is 22.9 Å². The van der Waals surface area contributed by atoms with E-state index >= 15 is 0 Å². The standard InChI is InChI=1S/C21H23N5/c1-3-25(18-11-6-8-16(2)14-18)20-15-22-24-21(23-20)26-13-7-10-17-9-4-5-12-19(17)26/h4-6,8-9,11-12,14-15H,3,7,10,13H2,1-2H3. The van der Waals surface area contributed by atoms with Gasteiger partial charge < -0.3 is 9.80 Å². The van der Waals surface area contributed by atoms with Gasteiger partial charge in [0.2, 0.25) is 0 Å². The Hall–Kier alpha value is -2.95. The van der Waals surface area contributed by atoms with Crippen molar-refractivity contribution in [2.45, 2.75) is 26.7 Å². The van der Waals surface area contributed by atoms with E-state index in [1.165, 1.54) is 16.8 Å². The van der Waals surface area contributed by atoms with Gasteiger partial charge in [0, 0.05) is 24.5 Å². The largest absolute Gasteiger partial charge is 0.325 e. The van der Waals surface area contributed by atoms with Crippen molar-refractivity contribution in [1.29, 1.82) is 0 Å². The van der Waals surface area contributed by atoms with Crippen molar-refractivity contribution in [1.82, 2.24) is 15.2 Å². The van der Waals surface area contributed by atoms with E-state index in [2.05, 4.69) is 82.4 Å². The lowest BCUT2D eigenvalue weighted by molar-refractivity contribution is 0.739. The van der Waals surface area contributed by atoms with Crippen LogP contribution in [0.4, 0.5) is 23.1 Å². The van der Waals surface area contributed by atoms with Crippen LogP contribution in [-0.2, 0) is 6.42 Å². The summed E-state index contributed by atoms with van der Waals surface area (Å²) in [7, 11) is 0. The SMILES string of the molecule is CCN(c1cccc(C)c1)c1cnnc(N2CCCc3ccccc32)n1. The predicted molar refractivity (Wildman–Crippen MR) is 105 cm³/mol. The first-order chi connectivity index (χ1) is 12.8. The van der Waals surface area contributed by atoms with Crippen LogP contribution in [0.1, 0.15) is 24.5 Å². The van der Waals surface area contributed by atoms with Gasteiger partial charge in [-0.3, -0.25) is 0 Å². The molecule has 0 unspecified atom stereocenters. The third kappa shape index (κ3) is 3.12. The lowest BCUT2D eigenvalue weighted by Crippen LogP contribution is -2.27. The van der Waals surface area contributed by atoms with Crippen molar-refractivity contribution in [3.63, 3.8) is 0 Å². The van der Waals surface area contributed by atoms with Crippen molar-refractivity contribution >= 4 is 23.1 Å². The Morgan fingerprint density at radius 2 is 2.00 bits per heavy atom. The van der Waals surface area contributed by atoms with E-state index in [1.54, 1.807) is 6.20 Å². The monoisotopic (exact) mass is 345 g/mol. The number of benzene rings is 2. The van der Waals surface area contributed by atoms with E-state index in [0.717, 1.165) is 37.4 Å². The fourth-order valence-electron chi connectivity index (χ4n) is 3.54. The van der Waals surface area contributed by atoms with Gasteiger partial charge >= 0.3 is 0 Å². The number of anilines is 4. The fourth-order valence-corrected chi connectivity index (χ4v) is 3.54. The van der Waals surface area contributed by atoms with Crippen molar-refractivity contribution in [2.24, 2.45) is 0 Å². The van der Waals surface area contributed by atoms with Gasteiger partial charge in [-0.15, -0.1) is 5.10 Å². The number of hydrogen-bond acceptors (Lipinski definition) is 5. The number of nitrogens with zero attached hydrogens (tertiary/aromatic N) is 5. The molecule has 1 aliphatic rings. The molecule has 1 aromatic heterocycles. The topological polar surface area (TPSA) is 45.2 Å².